The number of hydrogen-bond donors (Lipinski definition) is 0. The first-order chi connectivity index (χ1) is 57.2. The molecule has 0 unspecified atom stereocenters. The molecule has 0 spiro atoms. The lowest BCUT2D eigenvalue weighted by molar-refractivity contribution is 0.295. The lowest BCUT2D eigenvalue weighted by Gasteiger charge is -2.15. The van der Waals surface area contributed by atoms with Crippen LogP contribution < -0.4 is 28.4 Å². The van der Waals surface area contributed by atoms with Crippen LogP contribution in [0.1, 0.15) is 296 Å². The normalized spacial score (nSPS) is 10.1. The lowest BCUT2D eigenvalue weighted by atomic mass is 10.0. The SMILES string of the molecule is C#Cc1ccc(C#Cc2ccc(C#Cc3ccc(C#Cc4cc(OCCCCCC)c(C#Cc5cc(OCCCCCC)c(C#Cc6cc(OCCCCCC)c(C#Cc7ccc(C#Cc8ccc(C#Cc9ccc(C#C)cc9)cc8)cc7)cc6OCCCCCC)cc5OCCCCCC)cc4OCCCCCC)cc3)cc2)cc1. The lowest BCUT2D eigenvalue weighted by Crippen LogP contribution is -2.04. The van der Waals surface area contributed by atoms with Gasteiger partial charge < -0.3 is 28.4 Å². The van der Waals surface area contributed by atoms with Crippen LogP contribution in [0.4, 0.5) is 0 Å². The van der Waals surface area contributed by atoms with E-state index in [1.807, 2.05) is 182 Å². The second-order valence-corrected chi connectivity index (χ2v) is 28.7. The molecular formula is C110H110O6. The maximum Gasteiger partial charge on any atom is 0.136 e. The number of benzene rings is 9. The largest absolute Gasteiger partial charge is 0.492 e. The Kier molecular flexibility index (Phi) is 38.5. The second-order valence-electron chi connectivity index (χ2n) is 28.7. The van der Waals surface area contributed by atoms with Gasteiger partial charge in [-0.05, 0) is 184 Å². The van der Waals surface area contributed by atoms with E-state index in [2.05, 4.69) is 148 Å². The Morgan fingerprint density at radius 3 is 0.440 bits per heavy atom. The Morgan fingerprint density at radius 2 is 0.302 bits per heavy atom. The zero-order valence-electron chi connectivity index (χ0n) is 69.1. The van der Waals surface area contributed by atoms with Gasteiger partial charge in [0.2, 0.25) is 0 Å². The molecule has 0 fully saturated rings. The number of unbranched alkanes of at least 4 members (excludes halogenated alkanes) is 18. The van der Waals surface area contributed by atoms with E-state index in [0.29, 0.717) is 96.4 Å². The molecule has 0 heterocycles. The van der Waals surface area contributed by atoms with Crippen molar-refractivity contribution >= 4 is 0 Å². The summed E-state index contributed by atoms with van der Waals surface area (Å²) in [5.74, 6) is 63.5. The predicted octanol–water partition coefficient (Wildman–Crippen LogP) is 24.6. The molecule has 0 atom stereocenters. The highest BCUT2D eigenvalue weighted by molar-refractivity contribution is 5.66. The van der Waals surface area contributed by atoms with Gasteiger partial charge in [0.25, 0.3) is 0 Å². The second kappa shape index (κ2) is 51.2. The zero-order valence-corrected chi connectivity index (χ0v) is 69.1. The Morgan fingerprint density at radius 1 is 0.172 bits per heavy atom. The molecule has 9 aromatic rings. The average molecular weight is 1530 g/mol. The van der Waals surface area contributed by atoms with Crippen molar-refractivity contribution in [1.29, 1.82) is 0 Å². The number of hydrogen-bond acceptors (Lipinski definition) is 6. The molecule has 0 saturated carbocycles. The minimum atomic E-state index is 0.510. The first-order valence-electron chi connectivity index (χ1n) is 42.2. The van der Waals surface area contributed by atoms with Crippen molar-refractivity contribution in [3.8, 4) is 154 Å². The number of terminal acetylenes is 2. The summed E-state index contributed by atoms with van der Waals surface area (Å²) in [5.41, 5.74) is 14.7. The third kappa shape index (κ3) is 31.1. The smallest absolute Gasteiger partial charge is 0.136 e. The summed E-state index contributed by atoms with van der Waals surface area (Å²) in [6.45, 7) is 16.5. The highest BCUT2D eigenvalue weighted by atomic mass is 16.5. The monoisotopic (exact) mass is 1530 g/mol. The average Bonchev–Trinajstić information content (AvgIpc) is 0.802. The van der Waals surface area contributed by atoms with Crippen molar-refractivity contribution in [3.05, 3.63) is 282 Å². The zero-order chi connectivity index (χ0) is 81.3. The molecule has 0 aliphatic heterocycles. The molecule has 0 saturated heterocycles. The molecule has 0 amide bonds. The summed E-state index contributed by atoms with van der Waals surface area (Å²) in [5, 5.41) is 0. The van der Waals surface area contributed by atoms with Crippen molar-refractivity contribution < 1.29 is 28.4 Å². The van der Waals surface area contributed by atoms with Crippen LogP contribution in [0.5, 0.6) is 34.5 Å². The Labute approximate surface area is 695 Å². The summed E-state index contributed by atoms with van der Waals surface area (Å²) in [6.07, 6.45) is 36.3. The number of rotatable bonds is 36. The van der Waals surface area contributed by atoms with E-state index in [1.165, 1.54) is 0 Å². The summed E-state index contributed by atoms with van der Waals surface area (Å²) in [7, 11) is 0. The van der Waals surface area contributed by atoms with Crippen LogP contribution in [-0.2, 0) is 0 Å². The summed E-state index contributed by atoms with van der Waals surface area (Å²) in [4.78, 5) is 0. The van der Waals surface area contributed by atoms with Crippen molar-refractivity contribution in [1.82, 2.24) is 0 Å². The van der Waals surface area contributed by atoms with Crippen molar-refractivity contribution in [2.24, 2.45) is 0 Å². The minimum absolute atomic E-state index is 0.510. The van der Waals surface area contributed by atoms with Gasteiger partial charge in [0.15, 0.2) is 0 Å². The van der Waals surface area contributed by atoms with Crippen LogP contribution in [0.3, 0.4) is 0 Å². The van der Waals surface area contributed by atoms with Gasteiger partial charge in [-0.25, -0.2) is 0 Å². The third-order valence-corrected chi connectivity index (χ3v) is 19.2. The van der Waals surface area contributed by atoms with Gasteiger partial charge in [-0.1, -0.05) is 264 Å². The quantitative estimate of drug-likeness (QED) is 0.0288. The minimum Gasteiger partial charge on any atom is -0.492 e. The molecule has 9 aromatic carbocycles. The van der Waals surface area contributed by atoms with Crippen molar-refractivity contribution in [2.75, 3.05) is 39.6 Å². The van der Waals surface area contributed by atoms with E-state index in [4.69, 9.17) is 41.3 Å². The van der Waals surface area contributed by atoms with Crippen LogP contribution in [0.15, 0.2) is 182 Å². The van der Waals surface area contributed by atoms with Gasteiger partial charge >= 0.3 is 0 Å². The first-order valence-corrected chi connectivity index (χ1v) is 42.2. The van der Waals surface area contributed by atoms with E-state index < -0.39 is 0 Å². The molecular weight excluding hydrogens is 1420 g/mol. The third-order valence-electron chi connectivity index (χ3n) is 19.2. The fourth-order valence-corrected chi connectivity index (χ4v) is 12.2. The highest BCUT2D eigenvalue weighted by Crippen LogP contribution is 2.34. The molecule has 0 bridgehead atoms. The predicted molar refractivity (Wildman–Crippen MR) is 480 cm³/mol. The van der Waals surface area contributed by atoms with E-state index in [-0.39, 0.29) is 0 Å². The maximum absolute atomic E-state index is 6.83. The molecule has 0 radical (unpaired) electrons. The molecule has 0 N–H and O–H groups in total. The van der Waals surface area contributed by atoms with E-state index in [0.717, 1.165) is 232 Å². The van der Waals surface area contributed by atoms with Crippen LogP contribution in [-0.4, -0.2) is 39.6 Å². The van der Waals surface area contributed by atoms with E-state index in [9.17, 15) is 0 Å². The Balaban J connectivity index is 1.05. The van der Waals surface area contributed by atoms with Gasteiger partial charge in [-0.15, -0.1) is 12.8 Å². The Bertz CT molecular complexity index is 4900. The van der Waals surface area contributed by atoms with E-state index in [1.54, 1.807) is 0 Å². The van der Waals surface area contributed by atoms with Crippen LogP contribution in [0.2, 0.25) is 0 Å². The molecule has 586 valence electrons. The van der Waals surface area contributed by atoms with Crippen LogP contribution in [0, 0.1) is 119 Å². The van der Waals surface area contributed by atoms with Crippen LogP contribution in [0.25, 0.3) is 0 Å². The summed E-state index contributed by atoms with van der Waals surface area (Å²) >= 11 is 0. The maximum atomic E-state index is 6.83. The molecule has 0 aliphatic carbocycles. The topological polar surface area (TPSA) is 55.4 Å². The van der Waals surface area contributed by atoms with Gasteiger partial charge in [0.1, 0.15) is 34.5 Å². The number of ether oxygens (including phenoxy) is 6. The van der Waals surface area contributed by atoms with Gasteiger partial charge in [-0.3, -0.25) is 0 Å². The Hall–Kier alpha value is -12.6. The van der Waals surface area contributed by atoms with Gasteiger partial charge in [0.05, 0.1) is 73.0 Å². The first kappa shape index (κ1) is 87.3. The molecule has 0 aliphatic rings. The molecule has 0 aromatic heterocycles. The fraction of sp³-hybridized carbons (Fsp3) is 0.327. The van der Waals surface area contributed by atoms with Gasteiger partial charge in [-0.2, -0.15) is 0 Å². The molecule has 9 rings (SSSR count). The summed E-state index contributed by atoms with van der Waals surface area (Å²) in [6, 6.07) is 59.4. The molecule has 6 heteroatoms. The van der Waals surface area contributed by atoms with Crippen LogP contribution >= 0.6 is 0 Å². The van der Waals surface area contributed by atoms with E-state index >= 15 is 0 Å². The van der Waals surface area contributed by atoms with Crippen molar-refractivity contribution in [3.63, 3.8) is 0 Å². The standard InChI is InChI=1S/C110H110O6/c1-9-17-23-29-75-111-105-83-101(107(113-77-31-25-19-11-3)81-99(105)69-67-97-63-59-95(60-64-97)57-55-93-51-47-91(48-52-93)45-43-89-39-35-87(15-7)36-40-89)71-73-103-85-110(116-80-34-28-22-14-6)104(86-109(103)115-79-33-27-21-13-5)74-72-102-84-106(112-76-30-24-18-10-2)100(82-108(102)114-78-32-26-20-12-4)70-68-98-65-61-96(62-66-98)58-56-94-53-49-92(50-54-94)46-44-90-41-37-88(16-8)38-42-90/h7-8,35-42,47-54,59-66,81-86H,9-14,17-34,75-80H2,1-6H3. The highest BCUT2D eigenvalue weighted by Gasteiger charge is 2.17. The summed E-state index contributed by atoms with van der Waals surface area (Å²) < 4.78 is 40.6. The molecule has 6 nitrogen and oxygen atoms in total. The van der Waals surface area contributed by atoms with Gasteiger partial charge in [0, 0.05) is 103 Å². The van der Waals surface area contributed by atoms with Crippen molar-refractivity contribution in [2.45, 2.75) is 196 Å². The fourth-order valence-electron chi connectivity index (χ4n) is 12.2. The molecule has 116 heavy (non-hydrogen) atoms.